The van der Waals surface area contributed by atoms with Crippen molar-refractivity contribution in [2.24, 2.45) is 0 Å². The van der Waals surface area contributed by atoms with E-state index >= 15 is 0 Å². The number of carbonyl (C=O) groups is 1. The van der Waals surface area contributed by atoms with Crippen LogP contribution in [0.5, 0.6) is 5.75 Å². The average molecular weight is 464 g/mol. The van der Waals surface area contributed by atoms with Crippen molar-refractivity contribution in [1.82, 2.24) is 9.29 Å². The zero-order valence-corrected chi connectivity index (χ0v) is 18.4. The van der Waals surface area contributed by atoms with Gasteiger partial charge in [-0.3, -0.25) is 4.79 Å². The summed E-state index contributed by atoms with van der Waals surface area (Å²) in [7, 11) is -3.82. The molecule has 0 unspecified atom stereocenters. The lowest BCUT2D eigenvalue weighted by Gasteiger charge is -2.27. The molecule has 1 aliphatic rings. The Kier molecular flexibility index (Phi) is 6.19. The van der Waals surface area contributed by atoms with Crippen LogP contribution in [-0.4, -0.2) is 56.5 Å². The number of halogens is 1. The van der Waals surface area contributed by atoms with Gasteiger partial charge in [-0.15, -0.1) is 0 Å². The molecule has 31 heavy (non-hydrogen) atoms. The third kappa shape index (κ3) is 4.27. The standard InChI is InChI=1S/C21H22ClN3O5S/c1-2-30-17-8-7-14(13-18(17)31(27,28)25-9-11-29-12-10-25)23-21(26)20-19(22)15-5-3-4-6-16(15)24-20/h3-8,13,24H,2,9-12H2,1H3,(H,23,26). The molecular weight excluding hydrogens is 442 g/mol. The number of fused-ring (bicyclic) bond motifs is 1. The minimum atomic E-state index is -3.82. The molecule has 4 rings (SSSR count). The summed E-state index contributed by atoms with van der Waals surface area (Å²) in [5.41, 5.74) is 1.25. The Labute approximate surface area is 185 Å². The number of sulfonamides is 1. The van der Waals surface area contributed by atoms with Gasteiger partial charge in [-0.05, 0) is 31.2 Å². The van der Waals surface area contributed by atoms with E-state index in [0.29, 0.717) is 30.5 Å². The van der Waals surface area contributed by atoms with Crippen molar-refractivity contribution >= 4 is 44.1 Å². The van der Waals surface area contributed by atoms with Crippen LogP contribution in [0.2, 0.25) is 5.02 Å². The number of ether oxygens (including phenoxy) is 2. The predicted octanol–water partition coefficient (Wildman–Crippen LogP) is 3.49. The highest BCUT2D eigenvalue weighted by Crippen LogP contribution is 2.32. The van der Waals surface area contributed by atoms with Crippen LogP contribution in [0.15, 0.2) is 47.4 Å². The molecule has 3 aromatic rings. The van der Waals surface area contributed by atoms with Gasteiger partial charge in [0.1, 0.15) is 16.3 Å². The lowest BCUT2D eigenvalue weighted by molar-refractivity contribution is 0.0729. The number of rotatable bonds is 6. The molecule has 1 amide bonds. The van der Waals surface area contributed by atoms with Crippen LogP contribution in [0, 0.1) is 0 Å². The van der Waals surface area contributed by atoms with E-state index in [0.717, 1.165) is 10.9 Å². The molecule has 2 N–H and O–H groups in total. The zero-order valence-electron chi connectivity index (χ0n) is 16.9. The first-order valence-electron chi connectivity index (χ1n) is 9.84. The minimum Gasteiger partial charge on any atom is -0.492 e. The summed E-state index contributed by atoms with van der Waals surface area (Å²) in [4.78, 5) is 15.8. The molecule has 10 heteroatoms. The molecule has 1 fully saturated rings. The van der Waals surface area contributed by atoms with Crippen LogP contribution >= 0.6 is 11.6 Å². The molecule has 2 heterocycles. The fourth-order valence-electron chi connectivity index (χ4n) is 3.45. The number of para-hydroxylation sites is 1. The van der Waals surface area contributed by atoms with Gasteiger partial charge in [0.2, 0.25) is 10.0 Å². The molecule has 0 bridgehead atoms. The number of benzene rings is 2. The molecule has 1 saturated heterocycles. The summed E-state index contributed by atoms with van der Waals surface area (Å²) in [5, 5.41) is 3.77. The molecule has 0 atom stereocenters. The van der Waals surface area contributed by atoms with E-state index in [4.69, 9.17) is 21.1 Å². The second-order valence-corrected chi connectivity index (χ2v) is 9.21. The highest BCUT2D eigenvalue weighted by Gasteiger charge is 2.30. The van der Waals surface area contributed by atoms with Crippen LogP contribution in [0.4, 0.5) is 5.69 Å². The van der Waals surface area contributed by atoms with Crippen LogP contribution in [-0.2, 0) is 14.8 Å². The monoisotopic (exact) mass is 463 g/mol. The molecule has 0 saturated carbocycles. The molecule has 164 valence electrons. The summed E-state index contributed by atoms with van der Waals surface area (Å²) >= 11 is 6.36. The van der Waals surface area contributed by atoms with Crippen molar-refractivity contribution in [3.05, 3.63) is 53.2 Å². The Bertz CT molecular complexity index is 1220. The molecule has 1 aromatic heterocycles. The summed E-state index contributed by atoms with van der Waals surface area (Å²) in [5.74, 6) is -0.240. The first-order chi connectivity index (χ1) is 14.9. The highest BCUT2D eigenvalue weighted by molar-refractivity contribution is 7.89. The normalized spacial score (nSPS) is 15.2. The fourth-order valence-corrected chi connectivity index (χ4v) is 5.31. The van der Waals surface area contributed by atoms with Gasteiger partial charge in [-0.1, -0.05) is 29.8 Å². The lowest BCUT2D eigenvalue weighted by Crippen LogP contribution is -2.40. The molecule has 1 aliphatic heterocycles. The first-order valence-corrected chi connectivity index (χ1v) is 11.7. The third-order valence-corrected chi connectivity index (χ3v) is 7.27. The van der Waals surface area contributed by atoms with E-state index in [9.17, 15) is 13.2 Å². The number of hydrogen-bond donors (Lipinski definition) is 2. The molecule has 0 aliphatic carbocycles. The van der Waals surface area contributed by atoms with Crippen LogP contribution in [0.25, 0.3) is 10.9 Å². The Hall–Kier alpha value is -2.59. The van der Waals surface area contributed by atoms with Gasteiger partial charge in [0.05, 0.1) is 24.8 Å². The van der Waals surface area contributed by atoms with Crippen molar-refractivity contribution in [3.8, 4) is 5.75 Å². The number of morpholine rings is 1. The van der Waals surface area contributed by atoms with Gasteiger partial charge in [-0.25, -0.2) is 8.42 Å². The summed E-state index contributed by atoms with van der Waals surface area (Å²) in [6.07, 6.45) is 0. The third-order valence-electron chi connectivity index (χ3n) is 4.96. The van der Waals surface area contributed by atoms with Crippen molar-refractivity contribution in [2.75, 3.05) is 38.2 Å². The SMILES string of the molecule is CCOc1ccc(NC(=O)c2[nH]c3ccccc3c2Cl)cc1S(=O)(=O)N1CCOCC1. The van der Waals surface area contributed by atoms with E-state index in [1.54, 1.807) is 19.1 Å². The number of nitrogens with one attached hydrogen (secondary N) is 2. The lowest BCUT2D eigenvalue weighted by atomic mass is 10.2. The summed E-state index contributed by atoms with van der Waals surface area (Å²) in [6.45, 7) is 3.27. The zero-order chi connectivity index (χ0) is 22.0. The van der Waals surface area contributed by atoms with Gasteiger partial charge in [-0.2, -0.15) is 4.31 Å². The molecule has 8 nitrogen and oxygen atoms in total. The number of aromatic amines is 1. The minimum absolute atomic E-state index is 0.00297. The highest BCUT2D eigenvalue weighted by atomic mass is 35.5. The Morgan fingerprint density at radius 2 is 1.97 bits per heavy atom. The van der Waals surface area contributed by atoms with Crippen LogP contribution in [0.3, 0.4) is 0 Å². The molecule has 2 aromatic carbocycles. The maximum Gasteiger partial charge on any atom is 0.273 e. The summed E-state index contributed by atoms with van der Waals surface area (Å²) in [6, 6.07) is 11.9. The van der Waals surface area contributed by atoms with Crippen molar-refractivity contribution in [1.29, 1.82) is 0 Å². The molecular formula is C21H22ClN3O5S. The van der Waals surface area contributed by atoms with E-state index in [2.05, 4.69) is 10.3 Å². The number of amides is 1. The van der Waals surface area contributed by atoms with Crippen molar-refractivity contribution in [2.45, 2.75) is 11.8 Å². The summed E-state index contributed by atoms with van der Waals surface area (Å²) < 4.78 is 38.6. The van der Waals surface area contributed by atoms with Gasteiger partial charge >= 0.3 is 0 Å². The number of hydrogen-bond acceptors (Lipinski definition) is 5. The number of nitrogens with zero attached hydrogens (tertiary/aromatic N) is 1. The second-order valence-electron chi connectivity index (χ2n) is 6.92. The largest absolute Gasteiger partial charge is 0.492 e. The van der Waals surface area contributed by atoms with E-state index in [1.165, 1.54) is 10.4 Å². The number of aromatic nitrogens is 1. The molecule has 0 radical (unpaired) electrons. The van der Waals surface area contributed by atoms with Gasteiger partial charge in [0.25, 0.3) is 5.91 Å². The number of carbonyl (C=O) groups excluding carboxylic acids is 1. The van der Waals surface area contributed by atoms with Gasteiger partial charge in [0.15, 0.2) is 0 Å². The average Bonchev–Trinajstić information content (AvgIpc) is 3.12. The smallest absolute Gasteiger partial charge is 0.273 e. The topological polar surface area (TPSA) is 101 Å². The molecule has 0 spiro atoms. The van der Waals surface area contributed by atoms with Crippen molar-refractivity contribution < 1.29 is 22.7 Å². The van der Waals surface area contributed by atoms with Crippen molar-refractivity contribution in [3.63, 3.8) is 0 Å². The van der Waals surface area contributed by atoms with E-state index < -0.39 is 15.9 Å². The maximum atomic E-state index is 13.2. The quantitative estimate of drug-likeness (QED) is 0.582. The number of anilines is 1. The van der Waals surface area contributed by atoms with Gasteiger partial charge in [0, 0.05) is 29.7 Å². The first kappa shape index (κ1) is 21.6. The predicted molar refractivity (Wildman–Crippen MR) is 118 cm³/mol. The Morgan fingerprint density at radius 1 is 1.23 bits per heavy atom. The Morgan fingerprint density at radius 3 is 2.68 bits per heavy atom. The second kappa shape index (κ2) is 8.88. The Balaban J connectivity index is 1.66. The van der Waals surface area contributed by atoms with Gasteiger partial charge < -0.3 is 19.8 Å². The maximum absolute atomic E-state index is 13.2. The number of H-pyrrole nitrogens is 1. The van der Waals surface area contributed by atoms with Crippen LogP contribution < -0.4 is 10.1 Å². The van der Waals surface area contributed by atoms with Crippen LogP contribution in [0.1, 0.15) is 17.4 Å². The fraction of sp³-hybridized carbons (Fsp3) is 0.286. The van der Waals surface area contributed by atoms with E-state index in [-0.39, 0.29) is 29.4 Å². The van der Waals surface area contributed by atoms with E-state index in [1.807, 2.05) is 24.3 Å².